The zero-order valence-electron chi connectivity index (χ0n) is 13.7. The van der Waals surface area contributed by atoms with Crippen LogP contribution in [0.25, 0.3) is 5.69 Å². The summed E-state index contributed by atoms with van der Waals surface area (Å²) in [7, 11) is 0. The number of tetrazole rings is 1. The number of benzene rings is 2. The Morgan fingerprint density at radius 2 is 1.92 bits per heavy atom. The smallest absolute Gasteiger partial charge is 0.215 e. The minimum atomic E-state index is -0.286. The lowest BCUT2D eigenvalue weighted by Gasteiger charge is -2.12. The average molecular weight is 351 g/mol. The first-order chi connectivity index (χ1) is 12.3. The Balaban J connectivity index is 1.83. The van der Waals surface area contributed by atoms with E-state index in [0.29, 0.717) is 23.9 Å². The van der Waals surface area contributed by atoms with Crippen molar-refractivity contribution in [1.82, 2.24) is 20.2 Å². The van der Waals surface area contributed by atoms with Crippen molar-refractivity contribution in [1.29, 1.82) is 5.26 Å². The van der Waals surface area contributed by atoms with Gasteiger partial charge in [-0.25, -0.2) is 0 Å². The topological polar surface area (TPSA) is 76.6 Å². The van der Waals surface area contributed by atoms with Crippen molar-refractivity contribution in [2.45, 2.75) is 23.8 Å². The van der Waals surface area contributed by atoms with Crippen LogP contribution >= 0.6 is 11.8 Å². The summed E-state index contributed by atoms with van der Waals surface area (Å²) in [5.41, 5.74) is 1.86. The van der Waals surface area contributed by atoms with E-state index in [2.05, 4.69) is 21.6 Å². The molecule has 0 saturated heterocycles. The summed E-state index contributed by atoms with van der Waals surface area (Å²) >= 11 is 1.35. The molecule has 2 aromatic carbocycles. The van der Waals surface area contributed by atoms with Crippen LogP contribution in [0.2, 0.25) is 0 Å². The Bertz CT molecular complexity index is 859. The number of rotatable bonds is 7. The maximum absolute atomic E-state index is 9.51. The maximum Gasteiger partial charge on any atom is 0.215 e. The van der Waals surface area contributed by atoms with Crippen molar-refractivity contribution >= 4 is 11.8 Å². The van der Waals surface area contributed by atoms with Crippen molar-refractivity contribution in [3.8, 4) is 17.5 Å². The summed E-state index contributed by atoms with van der Waals surface area (Å²) in [5.74, 6) is 0.704. The molecule has 0 fully saturated rings. The molecule has 1 atom stereocenters. The van der Waals surface area contributed by atoms with Crippen LogP contribution in [0.3, 0.4) is 0 Å². The standard InChI is InChI=1S/C18H17N5OS/c1-2-24-17-11-7-6-10-16(17)23-18(20-21-22-23)25-15(13-19)12-14-8-4-3-5-9-14/h3-11,15H,2,12H2,1H3/t15-/m1/s1. The number of thioether (sulfide) groups is 1. The van der Waals surface area contributed by atoms with Gasteiger partial charge in [0.2, 0.25) is 5.16 Å². The summed E-state index contributed by atoms with van der Waals surface area (Å²) in [5, 5.41) is 21.7. The van der Waals surface area contributed by atoms with Gasteiger partial charge in [0, 0.05) is 0 Å². The predicted molar refractivity (Wildman–Crippen MR) is 95.7 cm³/mol. The van der Waals surface area contributed by atoms with Crippen molar-refractivity contribution in [3.63, 3.8) is 0 Å². The molecular formula is C18H17N5OS. The van der Waals surface area contributed by atoms with Crippen LogP contribution in [0, 0.1) is 11.3 Å². The number of ether oxygens (including phenoxy) is 1. The third-order valence-electron chi connectivity index (χ3n) is 3.49. The van der Waals surface area contributed by atoms with Crippen LogP contribution in [0.15, 0.2) is 59.8 Å². The molecule has 0 aliphatic heterocycles. The first-order valence-electron chi connectivity index (χ1n) is 7.92. The normalized spacial score (nSPS) is 11.7. The highest BCUT2D eigenvalue weighted by Gasteiger charge is 2.18. The first kappa shape index (κ1) is 17.0. The molecular weight excluding hydrogens is 334 g/mol. The summed E-state index contributed by atoms with van der Waals surface area (Å²) in [6, 6.07) is 19.8. The molecule has 0 saturated carbocycles. The van der Waals surface area contributed by atoms with Gasteiger partial charge in [0.15, 0.2) is 0 Å². The van der Waals surface area contributed by atoms with Crippen LogP contribution in [0.5, 0.6) is 5.75 Å². The zero-order valence-corrected chi connectivity index (χ0v) is 14.6. The van der Waals surface area contributed by atoms with Crippen molar-refractivity contribution < 1.29 is 4.74 Å². The Hall–Kier alpha value is -2.85. The molecule has 0 aliphatic rings. The summed E-state index contributed by atoms with van der Waals surface area (Å²) in [6.45, 7) is 2.48. The average Bonchev–Trinajstić information content (AvgIpc) is 3.11. The van der Waals surface area contributed by atoms with Gasteiger partial charge in [0.1, 0.15) is 16.7 Å². The fraction of sp³-hybridized carbons (Fsp3) is 0.222. The van der Waals surface area contributed by atoms with E-state index in [9.17, 15) is 5.26 Å². The quantitative estimate of drug-likeness (QED) is 0.608. The molecule has 3 aromatic rings. The highest BCUT2D eigenvalue weighted by molar-refractivity contribution is 8.00. The highest BCUT2D eigenvalue weighted by atomic mass is 32.2. The summed E-state index contributed by atoms with van der Waals surface area (Å²) < 4.78 is 7.27. The van der Waals surface area contributed by atoms with Gasteiger partial charge in [-0.05, 0) is 41.5 Å². The van der Waals surface area contributed by atoms with Crippen molar-refractivity contribution in [2.75, 3.05) is 6.61 Å². The Labute approximate surface area is 150 Å². The lowest BCUT2D eigenvalue weighted by atomic mass is 10.1. The molecule has 0 radical (unpaired) electrons. The molecule has 0 N–H and O–H groups in total. The minimum Gasteiger partial charge on any atom is -0.492 e. The molecule has 0 amide bonds. The molecule has 0 bridgehead atoms. The van der Waals surface area contributed by atoms with Crippen LogP contribution in [0.1, 0.15) is 12.5 Å². The van der Waals surface area contributed by atoms with E-state index in [4.69, 9.17) is 4.74 Å². The SMILES string of the molecule is CCOc1ccccc1-n1nnnc1S[C@@H](C#N)Cc1ccccc1. The maximum atomic E-state index is 9.51. The van der Waals surface area contributed by atoms with E-state index in [0.717, 1.165) is 11.3 Å². The van der Waals surface area contributed by atoms with Crippen LogP contribution in [0.4, 0.5) is 0 Å². The van der Waals surface area contributed by atoms with Gasteiger partial charge in [0.25, 0.3) is 0 Å². The third-order valence-corrected chi connectivity index (χ3v) is 4.51. The molecule has 0 spiro atoms. The number of para-hydroxylation sites is 2. The Morgan fingerprint density at radius 1 is 1.16 bits per heavy atom. The minimum absolute atomic E-state index is 0.286. The van der Waals surface area contributed by atoms with Crippen molar-refractivity contribution in [3.05, 3.63) is 60.2 Å². The fourth-order valence-electron chi connectivity index (χ4n) is 2.38. The second-order valence-corrected chi connectivity index (χ2v) is 6.37. The fourth-order valence-corrected chi connectivity index (χ4v) is 3.28. The lowest BCUT2D eigenvalue weighted by Crippen LogP contribution is -2.08. The highest BCUT2D eigenvalue weighted by Crippen LogP contribution is 2.29. The van der Waals surface area contributed by atoms with E-state index in [1.54, 1.807) is 4.68 Å². The van der Waals surface area contributed by atoms with Crippen molar-refractivity contribution in [2.24, 2.45) is 0 Å². The first-order valence-corrected chi connectivity index (χ1v) is 8.80. The molecule has 126 valence electrons. The lowest BCUT2D eigenvalue weighted by molar-refractivity contribution is 0.337. The molecule has 6 nitrogen and oxygen atoms in total. The Morgan fingerprint density at radius 3 is 2.68 bits per heavy atom. The number of aromatic nitrogens is 4. The number of hydrogen-bond donors (Lipinski definition) is 0. The Kier molecular flexibility index (Phi) is 5.65. The molecule has 25 heavy (non-hydrogen) atoms. The summed E-state index contributed by atoms with van der Waals surface area (Å²) in [4.78, 5) is 0. The van der Waals surface area contributed by atoms with Gasteiger partial charge < -0.3 is 4.74 Å². The monoisotopic (exact) mass is 351 g/mol. The predicted octanol–water partition coefficient (Wildman–Crippen LogP) is 3.29. The second kappa shape index (κ2) is 8.31. The zero-order chi connectivity index (χ0) is 17.5. The largest absolute Gasteiger partial charge is 0.492 e. The van der Waals surface area contributed by atoms with Gasteiger partial charge in [-0.2, -0.15) is 9.94 Å². The molecule has 3 rings (SSSR count). The van der Waals surface area contributed by atoms with Crippen LogP contribution in [-0.2, 0) is 6.42 Å². The number of nitriles is 1. The van der Waals surface area contributed by atoms with Gasteiger partial charge in [0.05, 0.1) is 12.7 Å². The van der Waals surface area contributed by atoms with E-state index in [1.165, 1.54) is 11.8 Å². The van der Waals surface area contributed by atoms with Crippen LogP contribution in [-0.4, -0.2) is 32.1 Å². The van der Waals surface area contributed by atoms with E-state index in [1.807, 2.05) is 61.5 Å². The molecule has 7 heteroatoms. The molecule has 1 heterocycles. The van der Waals surface area contributed by atoms with E-state index < -0.39 is 0 Å². The van der Waals surface area contributed by atoms with Gasteiger partial charge in [-0.3, -0.25) is 0 Å². The van der Waals surface area contributed by atoms with Crippen LogP contribution < -0.4 is 4.74 Å². The van der Waals surface area contributed by atoms with Gasteiger partial charge >= 0.3 is 0 Å². The summed E-state index contributed by atoms with van der Waals surface area (Å²) in [6.07, 6.45) is 0.627. The number of hydrogen-bond acceptors (Lipinski definition) is 6. The molecule has 1 aromatic heterocycles. The third kappa shape index (κ3) is 4.17. The molecule has 0 unspecified atom stereocenters. The molecule has 0 aliphatic carbocycles. The van der Waals surface area contributed by atoms with Gasteiger partial charge in [-0.15, -0.1) is 5.10 Å². The van der Waals surface area contributed by atoms with E-state index >= 15 is 0 Å². The van der Waals surface area contributed by atoms with Gasteiger partial charge in [-0.1, -0.05) is 54.2 Å². The second-order valence-electron chi connectivity index (χ2n) is 5.20. The van der Waals surface area contributed by atoms with E-state index in [-0.39, 0.29) is 5.25 Å². The number of nitrogens with zero attached hydrogens (tertiary/aromatic N) is 5.